The van der Waals surface area contributed by atoms with Gasteiger partial charge in [-0.1, -0.05) is 6.92 Å². The van der Waals surface area contributed by atoms with Crippen molar-refractivity contribution in [3.63, 3.8) is 0 Å². The van der Waals surface area contributed by atoms with E-state index in [-0.39, 0.29) is 24.1 Å². The Morgan fingerprint density at radius 1 is 1.37 bits per heavy atom. The second-order valence-corrected chi connectivity index (χ2v) is 7.93. The van der Waals surface area contributed by atoms with Crippen molar-refractivity contribution in [2.24, 2.45) is 0 Å². The highest BCUT2D eigenvalue weighted by Crippen LogP contribution is 2.27. The molecule has 0 amide bonds. The van der Waals surface area contributed by atoms with E-state index in [1.54, 1.807) is 17.6 Å². The zero-order chi connectivity index (χ0) is 21.1. The van der Waals surface area contributed by atoms with Crippen molar-refractivity contribution in [3.05, 3.63) is 51.9 Å². The van der Waals surface area contributed by atoms with Crippen LogP contribution in [0, 0.1) is 5.82 Å². The van der Waals surface area contributed by atoms with Crippen molar-refractivity contribution < 1.29 is 23.5 Å². The van der Waals surface area contributed by atoms with Crippen molar-refractivity contribution >= 4 is 34.0 Å². The number of morpholine rings is 1. The van der Waals surface area contributed by atoms with Crippen LogP contribution in [-0.4, -0.2) is 59.5 Å². The summed E-state index contributed by atoms with van der Waals surface area (Å²) in [5.41, 5.74) is 1.55. The fraction of sp³-hybridized carbons (Fsp3) is 0.381. The van der Waals surface area contributed by atoms with Gasteiger partial charge in [-0.05, 0) is 24.6 Å². The van der Waals surface area contributed by atoms with E-state index in [4.69, 9.17) is 9.47 Å². The molecule has 158 valence electrons. The average molecular weight is 431 g/mol. The third kappa shape index (κ3) is 4.43. The van der Waals surface area contributed by atoms with E-state index in [1.165, 1.54) is 23.5 Å². The van der Waals surface area contributed by atoms with Crippen LogP contribution < -0.4 is 0 Å². The Morgan fingerprint density at radius 2 is 2.17 bits per heavy atom. The molecular weight excluding hydrogens is 409 g/mol. The Kier molecular flexibility index (Phi) is 6.21. The molecule has 1 saturated heterocycles. The second-order valence-electron chi connectivity index (χ2n) is 7.07. The first-order chi connectivity index (χ1) is 14.5. The van der Waals surface area contributed by atoms with Gasteiger partial charge in [-0.3, -0.25) is 14.5 Å². The molecule has 1 aliphatic rings. The van der Waals surface area contributed by atoms with Crippen LogP contribution in [0.15, 0.2) is 29.8 Å². The Bertz CT molecular complexity index is 1060. The minimum atomic E-state index is -0.506. The van der Waals surface area contributed by atoms with Gasteiger partial charge >= 0.3 is 5.97 Å². The molecule has 1 aromatic carbocycles. The number of thiazole rings is 1. The molecule has 0 radical (unpaired) electrons. The first-order valence-electron chi connectivity index (χ1n) is 9.81. The molecule has 30 heavy (non-hydrogen) atoms. The molecule has 1 N–H and O–H groups in total. The number of aromatic amines is 1. The van der Waals surface area contributed by atoms with Gasteiger partial charge in [0.25, 0.3) is 0 Å². The number of rotatable bonds is 7. The number of fused-ring (bicyclic) bond motifs is 1. The SMILES string of the molecule is CCC(OC(=O)CN1CCOCC1)c1csc(C(=O)c2c[nH]c3cc(F)ccc23)n1. The van der Waals surface area contributed by atoms with Crippen molar-refractivity contribution in [2.45, 2.75) is 19.4 Å². The molecule has 4 rings (SSSR count). The van der Waals surface area contributed by atoms with Crippen molar-refractivity contribution in [3.8, 4) is 0 Å². The van der Waals surface area contributed by atoms with E-state index >= 15 is 0 Å². The third-order valence-corrected chi connectivity index (χ3v) is 5.89. The predicted octanol–water partition coefficient (Wildman–Crippen LogP) is 3.32. The lowest BCUT2D eigenvalue weighted by Gasteiger charge is -2.26. The molecule has 1 atom stereocenters. The Morgan fingerprint density at radius 3 is 2.93 bits per heavy atom. The number of ketones is 1. The van der Waals surface area contributed by atoms with Crippen LogP contribution in [0.4, 0.5) is 4.39 Å². The molecule has 1 fully saturated rings. The number of carbonyl (C=O) groups excluding carboxylic acids is 2. The summed E-state index contributed by atoms with van der Waals surface area (Å²) in [7, 11) is 0. The van der Waals surface area contributed by atoms with E-state index in [2.05, 4.69) is 9.97 Å². The zero-order valence-corrected chi connectivity index (χ0v) is 17.3. The summed E-state index contributed by atoms with van der Waals surface area (Å²) in [6.07, 6.45) is 1.61. The number of hydrogen-bond acceptors (Lipinski definition) is 7. The van der Waals surface area contributed by atoms with Crippen molar-refractivity contribution in [1.82, 2.24) is 14.9 Å². The summed E-state index contributed by atoms with van der Waals surface area (Å²) >= 11 is 1.21. The van der Waals surface area contributed by atoms with E-state index in [9.17, 15) is 14.0 Å². The number of benzene rings is 1. The Hall–Kier alpha value is -2.62. The zero-order valence-electron chi connectivity index (χ0n) is 16.5. The average Bonchev–Trinajstić information content (AvgIpc) is 3.39. The highest BCUT2D eigenvalue weighted by Gasteiger charge is 2.24. The number of nitrogens with zero attached hydrogens (tertiary/aromatic N) is 2. The molecule has 1 aliphatic heterocycles. The number of carbonyl (C=O) groups is 2. The van der Waals surface area contributed by atoms with Gasteiger partial charge in [-0.15, -0.1) is 11.3 Å². The molecule has 3 aromatic rings. The van der Waals surface area contributed by atoms with Crippen LogP contribution in [-0.2, 0) is 14.3 Å². The highest BCUT2D eigenvalue weighted by molar-refractivity contribution is 7.12. The van der Waals surface area contributed by atoms with Gasteiger partial charge in [0.1, 0.15) is 11.9 Å². The van der Waals surface area contributed by atoms with E-state index in [0.29, 0.717) is 59.9 Å². The molecule has 3 heterocycles. The van der Waals surface area contributed by atoms with Gasteiger partial charge in [-0.25, -0.2) is 9.37 Å². The van der Waals surface area contributed by atoms with E-state index in [1.807, 2.05) is 11.8 Å². The number of aromatic nitrogens is 2. The smallest absolute Gasteiger partial charge is 0.320 e. The molecule has 1 unspecified atom stereocenters. The fourth-order valence-electron chi connectivity index (χ4n) is 3.43. The molecule has 0 saturated carbocycles. The molecule has 7 nitrogen and oxygen atoms in total. The number of halogens is 1. The summed E-state index contributed by atoms with van der Waals surface area (Å²) in [4.78, 5) is 34.6. The lowest BCUT2D eigenvalue weighted by atomic mass is 10.1. The molecular formula is C21H22FN3O4S. The number of ether oxygens (including phenoxy) is 2. The van der Waals surface area contributed by atoms with Gasteiger partial charge in [-0.2, -0.15) is 0 Å². The lowest BCUT2D eigenvalue weighted by Crippen LogP contribution is -2.40. The largest absolute Gasteiger partial charge is 0.455 e. The molecule has 2 aromatic heterocycles. The topological polar surface area (TPSA) is 84.5 Å². The Labute approximate surface area is 176 Å². The van der Waals surface area contributed by atoms with Crippen molar-refractivity contribution in [2.75, 3.05) is 32.8 Å². The Balaban J connectivity index is 1.46. The van der Waals surface area contributed by atoms with Gasteiger partial charge in [0.15, 0.2) is 5.01 Å². The summed E-state index contributed by atoms with van der Waals surface area (Å²) in [6, 6.07) is 4.24. The van der Waals surface area contributed by atoms with Crippen LogP contribution in [0.3, 0.4) is 0 Å². The van der Waals surface area contributed by atoms with Gasteiger partial charge in [0.2, 0.25) is 5.78 Å². The standard InChI is InChI=1S/C21H22FN3O4S/c1-2-18(29-19(26)11-25-5-7-28-8-6-25)17-12-30-21(24-17)20(27)15-10-23-16-9-13(22)3-4-14(15)16/h3-4,9-10,12,18,23H,2,5-8,11H2,1H3. The van der Waals surface area contributed by atoms with Crippen LogP contribution in [0.5, 0.6) is 0 Å². The highest BCUT2D eigenvalue weighted by atomic mass is 32.1. The lowest BCUT2D eigenvalue weighted by molar-refractivity contribution is -0.152. The van der Waals surface area contributed by atoms with Crippen LogP contribution in [0.2, 0.25) is 0 Å². The van der Waals surface area contributed by atoms with Gasteiger partial charge < -0.3 is 14.5 Å². The second kappa shape index (κ2) is 9.03. The van der Waals surface area contributed by atoms with Crippen LogP contribution in [0.25, 0.3) is 10.9 Å². The monoisotopic (exact) mass is 431 g/mol. The first kappa shape index (κ1) is 20.6. The summed E-state index contributed by atoms with van der Waals surface area (Å²) < 4.78 is 24.3. The summed E-state index contributed by atoms with van der Waals surface area (Å²) in [5, 5.41) is 2.69. The van der Waals surface area contributed by atoms with Crippen LogP contribution in [0.1, 0.15) is 40.5 Å². The van der Waals surface area contributed by atoms with Crippen molar-refractivity contribution in [1.29, 1.82) is 0 Å². The number of nitrogens with one attached hydrogen (secondary N) is 1. The van der Waals surface area contributed by atoms with Crippen LogP contribution >= 0.6 is 11.3 Å². The van der Waals surface area contributed by atoms with E-state index < -0.39 is 6.10 Å². The maximum absolute atomic E-state index is 13.4. The number of esters is 1. The maximum Gasteiger partial charge on any atom is 0.320 e. The minimum absolute atomic E-state index is 0.210. The molecule has 9 heteroatoms. The number of H-pyrrole nitrogens is 1. The first-order valence-corrected chi connectivity index (χ1v) is 10.7. The molecule has 0 spiro atoms. The minimum Gasteiger partial charge on any atom is -0.455 e. The normalized spacial score (nSPS) is 15.9. The van der Waals surface area contributed by atoms with Gasteiger partial charge in [0, 0.05) is 35.6 Å². The maximum atomic E-state index is 13.4. The van der Waals surface area contributed by atoms with Gasteiger partial charge in [0.05, 0.1) is 31.0 Å². The summed E-state index contributed by atoms with van der Waals surface area (Å²) in [6.45, 7) is 4.75. The fourth-order valence-corrected chi connectivity index (χ4v) is 4.24. The predicted molar refractivity (Wildman–Crippen MR) is 110 cm³/mol. The quantitative estimate of drug-likeness (QED) is 0.456. The third-order valence-electron chi connectivity index (χ3n) is 5.04. The summed E-state index contributed by atoms with van der Waals surface area (Å²) in [5.74, 6) is -0.938. The number of hydrogen-bond donors (Lipinski definition) is 1. The molecule has 0 aliphatic carbocycles. The molecule has 0 bridgehead atoms. The van der Waals surface area contributed by atoms with E-state index in [0.717, 1.165) is 0 Å².